The molecule has 0 bridgehead atoms. The highest BCUT2D eigenvalue weighted by Crippen LogP contribution is 2.19. The van der Waals surface area contributed by atoms with Crippen molar-refractivity contribution in [3.8, 4) is 5.75 Å². The number of hydrogen-bond acceptors (Lipinski definition) is 2. The fraction of sp³-hybridized carbons (Fsp3) is 0.214. The summed E-state index contributed by atoms with van der Waals surface area (Å²) < 4.78 is 5.32. The van der Waals surface area contributed by atoms with Gasteiger partial charge >= 0.3 is 6.02 Å². The molecule has 0 aromatic heterocycles. The van der Waals surface area contributed by atoms with Crippen molar-refractivity contribution < 1.29 is 14.3 Å². The fourth-order valence-electron chi connectivity index (χ4n) is 1.73. The largest absolute Gasteiger partial charge is 0.449 e. The van der Waals surface area contributed by atoms with Gasteiger partial charge in [-0.3, -0.25) is 0 Å². The highest BCUT2D eigenvalue weighted by Gasteiger charge is 2.08. The smallest absolute Gasteiger partial charge is 0.447 e. The quantitative estimate of drug-likeness (QED) is 0.447. The Kier molecular flexibility index (Phi) is 4.92. The summed E-state index contributed by atoms with van der Waals surface area (Å²) in [6, 6.07) is 7.40. The summed E-state index contributed by atoms with van der Waals surface area (Å²) >= 11 is 1.28. The van der Waals surface area contributed by atoms with E-state index in [-0.39, 0.29) is 6.02 Å². The first-order valence-corrected chi connectivity index (χ1v) is 7.20. The Balaban J connectivity index is 2.03. The predicted octanol–water partition coefficient (Wildman–Crippen LogP) is 1.98. The Hall–Kier alpha value is -1.88. The van der Waals surface area contributed by atoms with Crippen LogP contribution in [0.1, 0.15) is 12.8 Å². The lowest BCUT2D eigenvalue weighted by molar-refractivity contribution is -0.402. The topological polar surface area (TPSA) is 55.5 Å². The maximum Gasteiger partial charge on any atom is 0.449 e. The Morgan fingerprint density at radius 1 is 1.42 bits per heavy atom. The van der Waals surface area contributed by atoms with Crippen molar-refractivity contribution in [2.24, 2.45) is 0 Å². The molecule has 0 radical (unpaired) electrons. The van der Waals surface area contributed by atoms with Gasteiger partial charge in [-0.1, -0.05) is 12.1 Å². The van der Waals surface area contributed by atoms with Crippen LogP contribution in [-0.4, -0.2) is 17.4 Å². The van der Waals surface area contributed by atoms with Crippen LogP contribution in [0.15, 0.2) is 48.2 Å². The monoisotopic (exact) mass is 277 g/mol. The first-order valence-electron chi connectivity index (χ1n) is 6.05. The molecular weight excluding hydrogens is 260 g/mol. The number of aliphatic hydroxyl groups is 1. The van der Waals surface area contributed by atoms with Gasteiger partial charge in [-0.2, -0.15) is 0 Å². The van der Waals surface area contributed by atoms with Crippen molar-refractivity contribution in [3.05, 3.63) is 48.2 Å². The molecule has 4 nitrogen and oxygen atoms in total. The van der Waals surface area contributed by atoms with E-state index in [0.29, 0.717) is 0 Å². The number of amidine groups is 1. The highest BCUT2D eigenvalue weighted by atomic mass is 32.2. The second kappa shape index (κ2) is 6.89. The number of anilines is 1. The molecule has 0 saturated heterocycles. The zero-order valence-corrected chi connectivity index (χ0v) is 11.5. The average molecular weight is 277 g/mol. The lowest BCUT2D eigenvalue weighted by Gasteiger charge is -2.03. The third-order valence-electron chi connectivity index (χ3n) is 2.53. The molecule has 1 aromatic rings. The fourth-order valence-corrected chi connectivity index (χ4v) is 2.03. The molecule has 0 unspecified atom stereocenters. The van der Waals surface area contributed by atoms with Crippen LogP contribution >= 0.6 is 12.0 Å². The molecular formula is C14H17N2O2S+. The lowest BCUT2D eigenvalue weighted by atomic mass is 10.1. The molecule has 100 valence electrons. The van der Waals surface area contributed by atoms with Crippen LogP contribution in [-0.2, 0) is 0 Å². The summed E-state index contributed by atoms with van der Waals surface area (Å²) in [5, 5.41) is 12.7. The minimum Gasteiger partial charge on any atom is -0.447 e. The predicted molar refractivity (Wildman–Crippen MR) is 79.3 cm³/mol. The Labute approximate surface area is 117 Å². The number of allylic oxidation sites excluding steroid dienone is 3. The van der Waals surface area contributed by atoms with E-state index in [0.717, 1.165) is 30.0 Å². The van der Waals surface area contributed by atoms with Gasteiger partial charge in [0.05, 0.1) is 12.0 Å². The van der Waals surface area contributed by atoms with Crippen molar-refractivity contribution in [2.45, 2.75) is 12.8 Å². The first-order chi connectivity index (χ1) is 9.28. The van der Waals surface area contributed by atoms with Crippen molar-refractivity contribution >= 4 is 23.8 Å². The SMILES string of the molecule is CSOc1cccc(NC(O)=[NH+]C2=CCCC=C2)c1. The summed E-state index contributed by atoms with van der Waals surface area (Å²) in [6.45, 7) is 0. The Bertz CT molecular complexity index is 524. The van der Waals surface area contributed by atoms with E-state index < -0.39 is 0 Å². The van der Waals surface area contributed by atoms with E-state index in [2.05, 4.69) is 16.4 Å². The van der Waals surface area contributed by atoms with E-state index in [9.17, 15) is 5.11 Å². The van der Waals surface area contributed by atoms with Crippen LogP contribution in [0.3, 0.4) is 0 Å². The van der Waals surface area contributed by atoms with Gasteiger partial charge in [0, 0.05) is 12.3 Å². The number of nitrogens with one attached hydrogen (secondary N) is 2. The molecule has 1 aromatic carbocycles. The summed E-state index contributed by atoms with van der Waals surface area (Å²) in [5.41, 5.74) is 1.66. The van der Waals surface area contributed by atoms with Crippen molar-refractivity contribution in [3.63, 3.8) is 0 Å². The minimum absolute atomic E-state index is 0.000832. The molecule has 0 aliphatic heterocycles. The zero-order valence-electron chi connectivity index (χ0n) is 10.7. The van der Waals surface area contributed by atoms with Gasteiger partial charge in [-0.15, -0.1) is 0 Å². The van der Waals surface area contributed by atoms with Gasteiger partial charge in [-0.05, 0) is 37.1 Å². The Morgan fingerprint density at radius 2 is 2.32 bits per heavy atom. The normalized spacial score (nSPS) is 15.0. The molecule has 0 fully saturated rings. The standard InChI is InChI=1S/C14H16N2O2S/c1-19-18-13-9-5-8-12(10-13)16-14(17)15-11-6-3-2-4-7-11/h3,5-10H,2,4H2,1H3,(H2,15,16,17)/p+1. The van der Waals surface area contributed by atoms with Gasteiger partial charge < -0.3 is 9.29 Å². The van der Waals surface area contributed by atoms with Gasteiger partial charge in [0.2, 0.25) is 0 Å². The molecule has 0 spiro atoms. The molecule has 1 aliphatic carbocycles. The molecule has 0 amide bonds. The number of aliphatic hydroxyl groups excluding tert-OH is 1. The number of rotatable bonds is 4. The van der Waals surface area contributed by atoms with E-state index in [1.807, 2.05) is 42.7 Å². The van der Waals surface area contributed by atoms with Crippen LogP contribution in [0.5, 0.6) is 5.75 Å². The Morgan fingerprint density at radius 3 is 3.05 bits per heavy atom. The van der Waals surface area contributed by atoms with Gasteiger partial charge in [-0.25, -0.2) is 10.3 Å². The summed E-state index contributed by atoms with van der Waals surface area (Å²) in [4.78, 5) is 2.91. The van der Waals surface area contributed by atoms with Crippen LogP contribution < -0.4 is 14.5 Å². The van der Waals surface area contributed by atoms with Crippen molar-refractivity contribution in [1.82, 2.24) is 0 Å². The van der Waals surface area contributed by atoms with Crippen LogP contribution in [0.2, 0.25) is 0 Å². The van der Waals surface area contributed by atoms with Crippen molar-refractivity contribution in [1.29, 1.82) is 0 Å². The number of benzene rings is 1. The maximum absolute atomic E-state index is 9.85. The molecule has 0 heterocycles. The van der Waals surface area contributed by atoms with Crippen molar-refractivity contribution in [2.75, 3.05) is 11.6 Å². The minimum atomic E-state index is -0.000832. The van der Waals surface area contributed by atoms with Gasteiger partial charge in [0.1, 0.15) is 17.1 Å². The molecule has 5 heteroatoms. The van der Waals surface area contributed by atoms with E-state index in [1.165, 1.54) is 12.0 Å². The summed E-state index contributed by atoms with van der Waals surface area (Å²) in [5.74, 6) is 0.738. The highest BCUT2D eigenvalue weighted by molar-refractivity contribution is 7.94. The lowest BCUT2D eigenvalue weighted by Crippen LogP contribution is -2.72. The maximum atomic E-state index is 9.85. The van der Waals surface area contributed by atoms with Gasteiger partial charge in [0.25, 0.3) is 0 Å². The molecule has 0 saturated carbocycles. The molecule has 2 rings (SSSR count). The second-order valence-electron chi connectivity index (χ2n) is 4.02. The van der Waals surface area contributed by atoms with Crippen LogP contribution in [0.4, 0.5) is 5.69 Å². The molecule has 1 aliphatic rings. The molecule has 3 N–H and O–H groups in total. The third-order valence-corrected chi connectivity index (χ3v) is 2.89. The summed E-state index contributed by atoms with van der Waals surface area (Å²) in [6.07, 6.45) is 9.96. The van der Waals surface area contributed by atoms with Gasteiger partial charge in [0.15, 0.2) is 0 Å². The first kappa shape index (κ1) is 13.5. The van der Waals surface area contributed by atoms with Crippen LogP contribution in [0, 0.1) is 0 Å². The zero-order chi connectivity index (χ0) is 13.5. The summed E-state index contributed by atoms with van der Waals surface area (Å²) in [7, 11) is 0. The second-order valence-corrected chi connectivity index (χ2v) is 4.52. The average Bonchev–Trinajstić information content (AvgIpc) is 2.40. The molecule has 0 atom stereocenters. The van der Waals surface area contributed by atoms with E-state index >= 15 is 0 Å². The number of hydrogen-bond donors (Lipinski definition) is 3. The molecule has 19 heavy (non-hydrogen) atoms. The van der Waals surface area contributed by atoms with E-state index in [1.54, 1.807) is 0 Å². The van der Waals surface area contributed by atoms with Crippen LogP contribution in [0.25, 0.3) is 0 Å². The third kappa shape index (κ3) is 4.37. The van der Waals surface area contributed by atoms with E-state index in [4.69, 9.17) is 4.18 Å².